The molecule has 0 aliphatic carbocycles. The second-order valence-electron chi connectivity index (χ2n) is 1.93. The first kappa shape index (κ1) is 6.01. The Morgan fingerprint density at radius 1 is 1.67 bits per heavy atom. The van der Waals surface area contributed by atoms with E-state index in [4.69, 9.17) is 0 Å². The van der Waals surface area contributed by atoms with Gasteiger partial charge in [0.2, 0.25) is 0 Å². The zero-order valence-corrected chi connectivity index (χ0v) is 5.46. The van der Waals surface area contributed by atoms with E-state index in [1.807, 2.05) is 7.05 Å². The fourth-order valence-electron chi connectivity index (χ4n) is 0.557. The van der Waals surface area contributed by atoms with Crippen molar-refractivity contribution in [3.63, 3.8) is 0 Å². The zero-order chi connectivity index (χ0) is 6.85. The summed E-state index contributed by atoms with van der Waals surface area (Å²) in [6.07, 6.45) is 3.24. The number of hydrogen-bond acceptors (Lipinski definition) is 2. The highest BCUT2D eigenvalue weighted by Crippen LogP contribution is 1.97. The summed E-state index contributed by atoms with van der Waals surface area (Å²) in [5, 5.41) is 10.7. The smallest absolute Gasteiger partial charge is 0.188 e. The van der Waals surface area contributed by atoms with Gasteiger partial charge in [-0.25, -0.2) is 4.57 Å². The average Bonchev–Trinajstić information content (AvgIpc) is 1.83. The minimum Gasteiger partial charge on any atom is -0.854 e. The van der Waals surface area contributed by atoms with Crippen molar-refractivity contribution in [1.29, 1.82) is 0 Å². The summed E-state index contributed by atoms with van der Waals surface area (Å²) >= 11 is 0. The summed E-state index contributed by atoms with van der Waals surface area (Å²) in [6.45, 7) is 1.75. The van der Waals surface area contributed by atoms with Crippen LogP contribution < -0.4 is 9.67 Å². The molecule has 0 fully saturated rings. The molecule has 0 bridgehead atoms. The Morgan fingerprint density at radius 3 is 2.78 bits per heavy atom. The first-order chi connectivity index (χ1) is 4.22. The van der Waals surface area contributed by atoms with Gasteiger partial charge in [0.1, 0.15) is 7.05 Å². The Morgan fingerprint density at radius 2 is 2.33 bits per heavy atom. The van der Waals surface area contributed by atoms with E-state index >= 15 is 0 Å². The monoisotopic (exact) mass is 124 g/mol. The molecule has 1 rings (SSSR count). The normalized spacial score (nSPS) is 9.56. The van der Waals surface area contributed by atoms with E-state index in [1.165, 1.54) is 6.20 Å². The maximum absolute atomic E-state index is 10.7. The van der Waals surface area contributed by atoms with Crippen LogP contribution >= 0.6 is 0 Å². The molecule has 9 heavy (non-hydrogen) atoms. The van der Waals surface area contributed by atoms with Crippen LogP contribution in [0.4, 0.5) is 0 Å². The molecule has 1 heterocycles. The molecule has 1 aromatic rings. The average molecular weight is 124 g/mol. The Labute approximate surface area is 53.6 Å². The van der Waals surface area contributed by atoms with Gasteiger partial charge in [0.15, 0.2) is 11.9 Å². The number of nitrogens with zero attached hydrogens (tertiary/aromatic N) is 2. The highest BCUT2D eigenvalue weighted by atomic mass is 16.3. The quantitative estimate of drug-likeness (QED) is 0.428. The molecule has 3 heteroatoms. The van der Waals surface area contributed by atoms with E-state index in [2.05, 4.69) is 4.98 Å². The number of hydrogen-bond donors (Lipinski definition) is 0. The fraction of sp³-hybridized carbons (Fsp3) is 0.333. The van der Waals surface area contributed by atoms with Gasteiger partial charge in [-0.3, -0.25) is 4.98 Å². The van der Waals surface area contributed by atoms with Crippen LogP contribution in [0.5, 0.6) is 5.88 Å². The van der Waals surface area contributed by atoms with E-state index in [9.17, 15) is 5.11 Å². The molecular weight excluding hydrogens is 116 g/mol. The van der Waals surface area contributed by atoms with Crippen LogP contribution in [0.25, 0.3) is 0 Å². The van der Waals surface area contributed by atoms with Crippen LogP contribution in [0.15, 0.2) is 12.4 Å². The molecule has 0 saturated heterocycles. The summed E-state index contributed by atoms with van der Waals surface area (Å²) in [4.78, 5) is 3.56. The van der Waals surface area contributed by atoms with Gasteiger partial charge in [-0.05, 0) is 0 Å². The van der Waals surface area contributed by atoms with Crippen molar-refractivity contribution in [3.05, 3.63) is 18.1 Å². The molecule has 0 radical (unpaired) electrons. The maximum Gasteiger partial charge on any atom is 0.188 e. The second kappa shape index (κ2) is 2.01. The van der Waals surface area contributed by atoms with Crippen LogP contribution in [0.2, 0.25) is 0 Å². The molecule has 0 aliphatic rings. The van der Waals surface area contributed by atoms with Crippen molar-refractivity contribution < 1.29 is 9.67 Å². The van der Waals surface area contributed by atoms with E-state index < -0.39 is 0 Å². The van der Waals surface area contributed by atoms with E-state index in [-0.39, 0.29) is 5.88 Å². The first-order valence-electron chi connectivity index (χ1n) is 2.70. The summed E-state index contributed by atoms with van der Waals surface area (Å²) < 4.78 is 1.75. The number of aryl methyl sites for hydroxylation is 1. The van der Waals surface area contributed by atoms with Crippen LogP contribution in [0.1, 0.15) is 5.69 Å². The van der Waals surface area contributed by atoms with Crippen molar-refractivity contribution in [3.8, 4) is 5.88 Å². The van der Waals surface area contributed by atoms with Crippen LogP contribution in [0.3, 0.4) is 0 Å². The van der Waals surface area contributed by atoms with Gasteiger partial charge in [0, 0.05) is 6.92 Å². The van der Waals surface area contributed by atoms with E-state index in [0.29, 0.717) is 5.69 Å². The summed E-state index contributed by atoms with van der Waals surface area (Å²) in [7, 11) is 1.82. The second-order valence-corrected chi connectivity index (χ2v) is 1.93. The van der Waals surface area contributed by atoms with E-state index in [0.717, 1.165) is 0 Å². The summed E-state index contributed by atoms with van der Waals surface area (Å²) in [5.41, 5.74) is 0.664. The molecule has 0 atom stereocenters. The molecule has 0 aliphatic heterocycles. The van der Waals surface area contributed by atoms with Crippen molar-refractivity contribution in [2.75, 3.05) is 0 Å². The summed E-state index contributed by atoms with van der Waals surface area (Å²) in [6, 6.07) is 0. The lowest BCUT2D eigenvalue weighted by molar-refractivity contribution is -0.681. The largest absolute Gasteiger partial charge is 0.854 e. The molecule has 1 aromatic heterocycles. The molecule has 0 aromatic carbocycles. The van der Waals surface area contributed by atoms with E-state index in [1.54, 1.807) is 17.7 Å². The molecule has 0 N–H and O–H groups in total. The third-order valence-corrected chi connectivity index (χ3v) is 1.32. The number of rotatable bonds is 0. The van der Waals surface area contributed by atoms with Crippen molar-refractivity contribution in [1.82, 2.24) is 4.98 Å². The van der Waals surface area contributed by atoms with Gasteiger partial charge in [-0.15, -0.1) is 0 Å². The first-order valence-corrected chi connectivity index (χ1v) is 2.70. The zero-order valence-electron chi connectivity index (χ0n) is 5.46. The van der Waals surface area contributed by atoms with Crippen molar-refractivity contribution in [2.45, 2.75) is 6.92 Å². The SMILES string of the molecule is Cc1c([O-])ncc[n+]1C. The van der Waals surface area contributed by atoms with Crippen molar-refractivity contribution >= 4 is 0 Å². The van der Waals surface area contributed by atoms with Crippen LogP contribution in [-0.4, -0.2) is 4.98 Å². The Hall–Kier alpha value is -1.12. The van der Waals surface area contributed by atoms with Gasteiger partial charge in [-0.1, -0.05) is 0 Å². The minimum absolute atomic E-state index is 0.153. The Balaban J connectivity index is 3.25. The molecule has 0 amide bonds. The Kier molecular flexibility index (Phi) is 1.34. The molecule has 3 nitrogen and oxygen atoms in total. The van der Waals surface area contributed by atoms with Crippen molar-refractivity contribution in [2.24, 2.45) is 7.05 Å². The van der Waals surface area contributed by atoms with Gasteiger partial charge < -0.3 is 5.11 Å². The fourth-order valence-corrected chi connectivity index (χ4v) is 0.557. The third kappa shape index (κ3) is 0.988. The van der Waals surface area contributed by atoms with Gasteiger partial charge >= 0.3 is 0 Å². The topological polar surface area (TPSA) is 39.8 Å². The highest BCUT2D eigenvalue weighted by molar-refractivity contribution is 5.05. The lowest BCUT2D eigenvalue weighted by Gasteiger charge is -2.02. The lowest BCUT2D eigenvalue weighted by atomic mass is 10.5. The van der Waals surface area contributed by atoms with Crippen LogP contribution in [-0.2, 0) is 7.05 Å². The van der Waals surface area contributed by atoms with Gasteiger partial charge in [0.05, 0.1) is 12.1 Å². The molecular formula is C6H8N2O. The predicted molar refractivity (Wildman–Crippen MR) is 29.6 cm³/mol. The highest BCUT2D eigenvalue weighted by Gasteiger charge is 1.97. The minimum atomic E-state index is -0.153. The maximum atomic E-state index is 10.7. The van der Waals surface area contributed by atoms with Gasteiger partial charge in [-0.2, -0.15) is 0 Å². The molecule has 0 spiro atoms. The lowest BCUT2D eigenvalue weighted by Crippen LogP contribution is -2.32. The number of aromatic nitrogens is 2. The Bertz CT molecular complexity index is 202. The third-order valence-electron chi connectivity index (χ3n) is 1.32. The standard InChI is InChI=1S/C6H8N2O/c1-5-6(9)7-3-4-8(5)2/h3-4H,1-2H3. The summed E-state index contributed by atoms with van der Waals surface area (Å²) in [5.74, 6) is -0.153. The predicted octanol–water partition coefficient (Wildman–Crippen LogP) is -0.712. The molecule has 0 saturated carbocycles. The molecule has 48 valence electrons. The van der Waals surface area contributed by atoms with Gasteiger partial charge in [0.25, 0.3) is 0 Å². The van der Waals surface area contributed by atoms with Crippen LogP contribution in [0, 0.1) is 6.92 Å². The molecule has 0 unspecified atom stereocenters.